The van der Waals surface area contributed by atoms with Crippen LogP contribution in [0.25, 0.3) is 0 Å². The minimum absolute atomic E-state index is 0.226. The van der Waals surface area contributed by atoms with Crippen molar-refractivity contribution < 1.29 is 19.1 Å². The summed E-state index contributed by atoms with van der Waals surface area (Å²) in [6.07, 6.45) is 6.91. The van der Waals surface area contributed by atoms with Gasteiger partial charge in [0.25, 0.3) is 0 Å². The minimum Gasteiger partial charge on any atom is -0.460 e. The number of carbonyl (C=O) groups is 2. The van der Waals surface area contributed by atoms with E-state index in [9.17, 15) is 9.59 Å². The van der Waals surface area contributed by atoms with E-state index < -0.39 is 11.2 Å². The number of carbonyl (C=O) groups excluding carboxylic acids is 2. The summed E-state index contributed by atoms with van der Waals surface area (Å²) in [5.41, 5.74) is -0.795. The van der Waals surface area contributed by atoms with Crippen molar-refractivity contribution in [2.24, 2.45) is 0 Å². The summed E-state index contributed by atoms with van der Waals surface area (Å²) in [5.74, 6) is 1.78. The van der Waals surface area contributed by atoms with Gasteiger partial charge in [-0.1, -0.05) is 6.58 Å². The van der Waals surface area contributed by atoms with Crippen LogP contribution in [0.3, 0.4) is 0 Å². The third-order valence-electron chi connectivity index (χ3n) is 1.47. The zero-order chi connectivity index (χ0) is 16.4. The topological polar surface area (TPSA) is 52.6 Å². The normalized spacial score (nSPS) is 10.4. The Hall–Kier alpha value is -1.76. The fraction of sp³-hybridized carbons (Fsp3) is 0.625. The van der Waals surface area contributed by atoms with Crippen LogP contribution in [0.4, 0.5) is 0 Å². The molecule has 0 aromatic rings. The number of ether oxygens (including phenoxy) is 2. The average molecular weight is 282 g/mol. The van der Waals surface area contributed by atoms with Gasteiger partial charge in [0.05, 0.1) is 6.42 Å². The number of hydrogen-bond acceptors (Lipinski definition) is 4. The largest absolute Gasteiger partial charge is 0.460 e. The highest BCUT2D eigenvalue weighted by Gasteiger charge is 2.15. The second kappa shape index (κ2) is 9.19. The van der Waals surface area contributed by atoms with E-state index in [0.717, 1.165) is 6.08 Å². The van der Waals surface area contributed by atoms with Crippen molar-refractivity contribution in [3.8, 4) is 12.3 Å². The molecule has 0 rings (SSSR count). The Bertz CT molecular complexity index is 361. The van der Waals surface area contributed by atoms with Crippen LogP contribution in [0.2, 0.25) is 0 Å². The highest BCUT2D eigenvalue weighted by Crippen LogP contribution is 2.08. The lowest BCUT2D eigenvalue weighted by Gasteiger charge is -2.18. The van der Waals surface area contributed by atoms with E-state index >= 15 is 0 Å². The van der Waals surface area contributed by atoms with Gasteiger partial charge in [0.1, 0.15) is 11.2 Å². The maximum Gasteiger partial charge on any atom is 0.330 e. The summed E-state index contributed by atoms with van der Waals surface area (Å²) < 4.78 is 9.84. The fourth-order valence-corrected chi connectivity index (χ4v) is 0.910. The van der Waals surface area contributed by atoms with E-state index in [2.05, 4.69) is 12.5 Å². The van der Waals surface area contributed by atoms with Gasteiger partial charge in [-0.05, 0) is 41.5 Å². The summed E-state index contributed by atoms with van der Waals surface area (Å²) in [7, 11) is 0. The molecule has 0 fully saturated rings. The maximum absolute atomic E-state index is 10.9. The molecule has 20 heavy (non-hydrogen) atoms. The van der Waals surface area contributed by atoms with Crippen LogP contribution < -0.4 is 0 Å². The molecular weight excluding hydrogens is 256 g/mol. The first-order valence-electron chi connectivity index (χ1n) is 6.42. The predicted octanol–water partition coefficient (Wildman–Crippen LogP) is 3.26. The molecule has 0 aliphatic carbocycles. The molecule has 0 aliphatic heterocycles. The Morgan fingerprint density at radius 1 is 1.10 bits per heavy atom. The Morgan fingerprint density at radius 3 is 1.80 bits per heavy atom. The van der Waals surface area contributed by atoms with Gasteiger partial charge >= 0.3 is 11.9 Å². The second-order valence-electron chi connectivity index (χ2n) is 6.03. The molecule has 0 amide bonds. The number of rotatable bonds is 3. The summed E-state index contributed by atoms with van der Waals surface area (Å²) >= 11 is 0. The van der Waals surface area contributed by atoms with Gasteiger partial charge in [0.15, 0.2) is 0 Å². The van der Waals surface area contributed by atoms with Gasteiger partial charge in [0.2, 0.25) is 0 Å². The van der Waals surface area contributed by atoms with E-state index in [0.29, 0.717) is 12.8 Å². The molecule has 0 atom stereocenters. The SMILES string of the molecule is C#CCCC(=O)OC(C)(C)C.C=CC(=O)OC(C)(C)C. The van der Waals surface area contributed by atoms with Crippen molar-refractivity contribution in [2.45, 2.75) is 65.6 Å². The van der Waals surface area contributed by atoms with Crippen LogP contribution in [0.15, 0.2) is 12.7 Å². The van der Waals surface area contributed by atoms with Crippen LogP contribution in [0, 0.1) is 12.3 Å². The van der Waals surface area contributed by atoms with Crippen molar-refractivity contribution in [2.75, 3.05) is 0 Å². The molecule has 4 nitrogen and oxygen atoms in total. The van der Waals surface area contributed by atoms with Gasteiger partial charge in [0, 0.05) is 12.5 Å². The Kier molecular flexibility index (Phi) is 9.45. The fourth-order valence-electron chi connectivity index (χ4n) is 0.910. The second-order valence-corrected chi connectivity index (χ2v) is 6.03. The predicted molar refractivity (Wildman–Crippen MR) is 80.0 cm³/mol. The minimum atomic E-state index is -0.398. The highest BCUT2D eigenvalue weighted by atomic mass is 16.6. The lowest BCUT2D eigenvalue weighted by Crippen LogP contribution is -2.23. The molecule has 0 unspecified atom stereocenters. The molecule has 0 N–H and O–H groups in total. The smallest absolute Gasteiger partial charge is 0.330 e. The van der Waals surface area contributed by atoms with Gasteiger partial charge in [-0.25, -0.2) is 4.79 Å². The van der Waals surface area contributed by atoms with Gasteiger partial charge in [-0.15, -0.1) is 12.3 Å². The summed E-state index contributed by atoms with van der Waals surface area (Å²) in [6.45, 7) is 14.2. The van der Waals surface area contributed by atoms with E-state index in [1.807, 2.05) is 41.5 Å². The van der Waals surface area contributed by atoms with Crippen molar-refractivity contribution >= 4 is 11.9 Å². The Morgan fingerprint density at radius 2 is 1.55 bits per heavy atom. The van der Waals surface area contributed by atoms with E-state index in [4.69, 9.17) is 15.9 Å². The van der Waals surface area contributed by atoms with Gasteiger partial charge < -0.3 is 9.47 Å². The maximum atomic E-state index is 10.9. The molecule has 0 heterocycles. The van der Waals surface area contributed by atoms with Crippen LogP contribution in [-0.2, 0) is 19.1 Å². The van der Waals surface area contributed by atoms with E-state index in [1.54, 1.807) is 0 Å². The van der Waals surface area contributed by atoms with E-state index in [-0.39, 0.29) is 11.9 Å². The molecule has 0 bridgehead atoms. The van der Waals surface area contributed by atoms with Crippen LogP contribution >= 0.6 is 0 Å². The molecule has 0 radical (unpaired) electrons. The average Bonchev–Trinajstić information content (AvgIpc) is 2.22. The first-order valence-corrected chi connectivity index (χ1v) is 6.42. The molecule has 0 spiro atoms. The molecular formula is C16H26O4. The summed E-state index contributed by atoms with van der Waals surface area (Å²) in [5, 5.41) is 0. The zero-order valence-electron chi connectivity index (χ0n) is 13.4. The first kappa shape index (κ1) is 20.6. The molecule has 114 valence electrons. The molecule has 0 saturated carbocycles. The molecule has 4 heteroatoms. The third kappa shape index (κ3) is 18.6. The van der Waals surface area contributed by atoms with Crippen molar-refractivity contribution in [3.05, 3.63) is 12.7 Å². The quantitative estimate of drug-likeness (QED) is 0.453. The molecule has 0 saturated heterocycles. The lowest BCUT2D eigenvalue weighted by atomic mass is 10.2. The van der Waals surface area contributed by atoms with Crippen LogP contribution in [-0.4, -0.2) is 23.1 Å². The van der Waals surface area contributed by atoms with Crippen molar-refractivity contribution in [1.29, 1.82) is 0 Å². The highest BCUT2D eigenvalue weighted by molar-refractivity contribution is 5.81. The number of esters is 2. The molecule has 0 aliphatic rings. The Balaban J connectivity index is 0. The first-order chi connectivity index (χ1) is 8.91. The monoisotopic (exact) mass is 282 g/mol. The van der Waals surface area contributed by atoms with Crippen LogP contribution in [0.1, 0.15) is 54.4 Å². The molecule has 0 aromatic heterocycles. The van der Waals surface area contributed by atoms with Crippen molar-refractivity contribution in [1.82, 2.24) is 0 Å². The van der Waals surface area contributed by atoms with Crippen molar-refractivity contribution in [3.63, 3.8) is 0 Å². The standard InChI is InChI=1S/C9H14O2.C7H12O2/c1-5-6-7-8(10)11-9(2,3)4;1-5-6(8)9-7(2,3)4/h1H,6-7H2,2-4H3;5H,1H2,2-4H3. The Labute approximate surface area is 122 Å². The van der Waals surface area contributed by atoms with Gasteiger partial charge in [-0.3, -0.25) is 4.79 Å². The summed E-state index contributed by atoms with van der Waals surface area (Å²) in [6, 6.07) is 0. The summed E-state index contributed by atoms with van der Waals surface area (Å²) in [4.78, 5) is 21.4. The van der Waals surface area contributed by atoms with Crippen LogP contribution in [0.5, 0.6) is 0 Å². The number of hydrogen-bond donors (Lipinski definition) is 0. The zero-order valence-corrected chi connectivity index (χ0v) is 13.4. The lowest BCUT2D eigenvalue weighted by molar-refractivity contribution is -0.154. The number of terminal acetylenes is 1. The van der Waals surface area contributed by atoms with E-state index in [1.165, 1.54) is 0 Å². The van der Waals surface area contributed by atoms with Gasteiger partial charge in [-0.2, -0.15) is 0 Å². The molecule has 0 aromatic carbocycles. The third-order valence-corrected chi connectivity index (χ3v) is 1.47.